The van der Waals surface area contributed by atoms with E-state index >= 15 is 0 Å². The van der Waals surface area contributed by atoms with Crippen LogP contribution >= 0.6 is 0 Å². The molecule has 0 aromatic heterocycles. The van der Waals surface area contributed by atoms with Crippen molar-refractivity contribution in [1.82, 2.24) is 9.80 Å². The summed E-state index contributed by atoms with van der Waals surface area (Å²) >= 11 is 0. The maximum atomic E-state index is 12.6. The van der Waals surface area contributed by atoms with Gasteiger partial charge in [0.25, 0.3) is 0 Å². The highest BCUT2D eigenvalue weighted by Crippen LogP contribution is 2.27. The minimum atomic E-state index is -0.0484. The molecule has 1 aromatic rings. The largest absolute Gasteiger partial charge is 0.339 e. The Labute approximate surface area is 155 Å². The molecule has 1 aromatic carbocycles. The van der Waals surface area contributed by atoms with Crippen LogP contribution in [0.1, 0.15) is 49.7 Å². The van der Waals surface area contributed by atoms with Gasteiger partial charge in [0.1, 0.15) is 0 Å². The number of carbonyl (C=O) groups excluding carboxylic acids is 2. The van der Waals surface area contributed by atoms with Crippen molar-refractivity contribution in [2.24, 2.45) is 5.92 Å². The molecule has 3 amide bonds. The number of hydrogen-bond acceptors (Lipinski definition) is 2. The fraction of sp³-hybridized carbons (Fsp3) is 0.619. The Balaban J connectivity index is 1.28. The molecule has 1 heterocycles. The average molecular weight is 355 g/mol. The second-order valence-electron chi connectivity index (χ2n) is 7.91. The highest BCUT2D eigenvalue weighted by molar-refractivity contribution is 5.89. The van der Waals surface area contributed by atoms with Crippen molar-refractivity contribution in [3.8, 4) is 0 Å². The number of fused-ring (bicyclic) bond motifs is 1. The van der Waals surface area contributed by atoms with Crippen LogP contribution in [0.25, 0.3) is 0 Å². The number of benzene rings is 1. The van der Waals surface area contributed by atoms with E-state index < -0.39 is 0 Å². The number of amides is 3. The van der Waals surface area contributed by atoms with E-state index in [1.54, 1.807) is 0 Å². The van der Waals surface area contributed by atoms with Crippen LogP contribution in [0, 0.1) is 5.92 Å². The molecule has 4 rings (SSSR count). The maximum absolute atomic E-state index is 12.6. The highest BCUT2D eigenvalue weighted by atomic mass is 16.2. The summed E-state index contributed by atoms with van der Waals surface area (Å²) in [6.45, 7) is 2.56. The van der Waals surface area contributed by atoms with Gasteiger partial charge >= 0.3 is 6.03 Å². The molecule has 2 fully saturated rings. The van der Waals surface area contributed by atoms with Gasteiger partial charge in [0.05, 0.1) is 0 Å². The summed E-state index contributed by atoms with van der Waals surface area (Å²) in [6, 6.07) is 6.21. The first kappa shape index (κ1) is 17.4. The number of hydrogen-bond donors (Lipinski definition) is 1. The molecule has 1 aliphatic heterocycles. The van der Waals surface area contributed by atoms with E-state index in [-0.39, 0.29) is 11.9 Å². The topological polar surface area (TPSA) is 52.7 Å². The zero-order chi connectivity index (χ0) is 17.9. The lowest BCUT2D eigenvalue weighted by Crippen LogP contribution is -2.53. The third kappa shape index (κ3) is 3.71. The van der Waals surface area contributed by atoms with E-state index in [1.165, 1.54) is 36.8 Å². The van der Waals surface area contributed by atoms with Crippen LogP contribution in [0.2, 0.25) is 0 Å². The molecule has 0 unspecified atom stereocenters. The smallest absolute Gasteiger partial charge is 0.321 e. The molecular weight excluding hydrogens is 326 g/mol. The van der Waals surface area contributed by atoms with Crippen LogP contribution in [0.4, 0.5) is 10.5 Å². The summed E-state index contributed by atoms with van der Waals surface area (Å²) in [7, 11) is 0. The van der Waals surface area contributed by atoms with Crippen LogP contribution in [0.15, 0.2) is 18.2 Å². The molecule has 26 heavy (non-hydrogen) atoms. The van der Waals surface area contributed by atoms with E-state index in [1.807, 2.05) is 15.9 Å². The molecule has 5 heteroatoms. The lowest BCUT2D eigenvalue weighted by atomic mass is 9.88. The predicted octanol–water partition coefficient (Wildman–Crippen LogP) is 3.43. The molecule has 1 saturated heterocycles. The fourth-order valence-electron chi connectivity index (χ4n) is 4.59. The van der Waals surface area contributed by atoms with Crippen molar-refractivity contribution < 1.29 is 9.59 Å². The normalized spacial score (nSPS) is 20.8. The van der Waals surface area contributed by atoms with Crippen molar-refractivity contribution in [3.05, 3.63) is 29.3 Å². The third-order valence-electron chi connectivity index (χ3n) is 6.18. The zero-order valence-corrected chi connectivity index (χ0v) is 15.5. The number of aryl methyl sites for hydroxylation is 2. The van der Waals surface area contributed by atoms with E-state index in [0.29, 0.717) is 32.1 Å². The Morgan fingerprint density at radius 3 is 2.31 bits per heavy atom. The lowest BCUT2D eigenvalue weighted by molar-refractivity contribution is -0.138. The van der Waals surface area contributed by atoms with Gasteiger partial charge in [0.2, 0.25) is 5.91 Å². The van der Waals surface area contributed by atoms with Crippen LogP contribution in [0.5, 0.6) is 0 Å². The van der Waals surface area contributed by atoms with E-state index in [0.717, 1.165) is 31.4 Å². The molecule has 0 spiro atoms. The van der Waals surface area contributed by atoms with Crippen LogP contribution in [-0.4, -0.2) is 47.9 Å². The molecule has 0 radical (unpaired) electrons. The molecule has 1 saturated carbocycles. The van der Waals surface area contributed by atoms with Gasteiger partial charge in [-0.3, -0.25) is 4.79 Å². The number of nitrogens with one attached hydrogen (secondary N) is 1. The van der Waals surface area contributed by atoms with E-state index in [4.69, 9.17) is 0 Å². The highest BCUT2D eigenvalue weighted by Gasteiger charge is 2.29. The van der Waals surface area contributed by atoms with Gasteiger partial charge in [0.15, 0.2) is 0 Å². The molecule has 3 aliphatic rings. The average Bonchev–Trinajstić information content (AvgIpc) is 3.16. The first-order chi connectivity index (χ1) is 12.7. The van der Waals surface area contributed by atoms with Gasteiger partial charge in [-0.05, 0) is 55.4 Å². The van der Waals surface area contributed by atoms with Gasteiger partial charge in [-0.1, -0.05) is 25.3 Å². The number of piperazine rings is 1. The van der Waals surface area contributed by atoms with Crippen molar-refractivity contribution in [2.75, 3.05) is 31.5 Å². The number of anilines is 1. The summed E-state index contributed by atoms with van der Waals surface area (Å²) in [6.07, 6.45) is 9.18. The Hall–Kier alpha value is -2.04. The predicted molar refractivity (Wildman–Crippen MR) is 102 cm³/mol. The van der Waals surface area contributed by atoms with E-state index in [2.05, 4.69) is 17.4 Å². The number of carbonyl (C=O) groups is 2. The van der Waals surface area contributed by atoms with E-state index in [9.17, 15) is 9.59 Å². The molecule has 5 nitrogen and oxygen atoms in total. The van der Waals surface area contributed by atoms with Crippen molar-refractivity contribution >= 4 is 17.6 Å². The maximum Gasteiger partial charge on any atom is 0.321 e. The summed E-state index contributed by atoms with van der Waals surface area (Å²) in [5.41, 5.74) is 3.67. The Bertz CT molecular complexity index is 674. The van der Waals surface area contributed by atoms with Gasteiger partial charge in [-0.25, -0.2) is 4.79 Å². The monoisotopic (exact) mass is 355 g/mol. The SMILES string of the molecule is O=C(Nc1ccc2c(c1)CCC2)N1CCN(C(=O)C2CCCCC2)CC1. The van der Waals surface area contributed by atoms with Gasteiger partial charge in [-0.2, -0.15) is 0 Å². The number of urea groups is 1. The number of nitrogens with zero attached hydrogens (tertiary/aromatic N) is 2. The molecule has 2 aliphatic carbocycles. The van der Waals surface area contributed by atoms with Crippen LogP contribution < -0.4 is 5.32 Å². The third-order valence-corrected chi connectivity index (χ3v) is 6.18. The first-order valence-corrected chi connectivity index (χ1v) is 10.2. The minimum absolute atomic E-state index is 0.0484. The molecule has 1 N–H and O–H groups in total. The summed E-state index contributed by atoms with van der Waals surface area (Å²) in [4.78, 5) is 29.0. The first-order valence-electron chi connectivity index (χ1n) is 10.2. The van der Waals surface area contributed by atoms with Crippen molar-refractivity contribution in [1.29, 1.82) is 0 Å². The standard InChI is InChI=1S/C21H29N3O2/c25-20(17-5-2-1-3-6-17)23-11-13-24(14-12-23)21(26)22-19-10-9-16-7-4-8-18(16)15-19/h9-10,15,17H,1-8,11-14H2,(H,22,26). The Morgan fingerprint density at radius 1 is 0.846 bits per heavy atom. The zero-order valence-electron chi connectivity index (χ0n) is 15.5. The molecule has 0 atom stereocenters. The van der Waals surface area contributed by atoms with Crippen molar-refractivity contribution in [2.45, 2.75) is 51.4 Å². The summed E-state index contributed by atoms with van der Waals surface area (Å²) in [5, 5.41) is 3.03. The van der Waals surface area contributed by atoms with Crippen molar-refractivity contribution in [3.63, 3.8) is 0 Å². The van der Waals surface area contributed by atoms with Gasteiger partial charge in [-0.15, -0.1) is 0 Å². The van der Waals surface area contributed by atoms with Crippen LogP contribution in [0.3, 0.4) is 0 Å². The molecular formula is C21H29N3O2. The quantitative estimate of drug-likeness (QED) is 0.884. The fourth-order valence-corrected chi connectivity index (χ4v) is 4.59. The minimum Gasteiger partial charge on any atom is -0.339 e. The molecule has 0 bridgehead atoms. The number of rotatable bonds is 2. The summed E-state index contributed by atoms with van der Waals surface area (Å²) < 4.78 is 0. The summed E-state index contributed by atoms with van der Waals surface area (Å²) in [5.74, 6) is 0.527. The lowest BCUT2D eigenvalue weighted by Gasteiger charge is -2.37. The Morgan fingerprint density at radius 2 is 1.54 bits per heavy atom. The second-order valence-corrected chi connectivity index (χ2v) is 7.91. The van der Waals surface area contributed by atoms with Gasteiger partial charge in [0, 0.05) is 37.8 Å². The second kappa shape index (κ2) is 7.68. The Kier molecular flexibility index (Phi) is 5.14. The molecule has 140 valence electrons. The van der Waals surface area contributed by atoms with Gasteiger partial charge < -0.3 is 15.1 Å². The van der Waals surface area contributed by atoms with Crippen LogP contribution in [-0.2, 0) is 17.6 Å².